The molecule has 0 spiro atoms. The molecule has 1 amide bonds. The topological polar surface area (TPSA) is 69.8 Å². The number of fused-ring (bicyclic) bond motifs is 1. The summed E-state index contributed by atoms with van der Waals surface area (Å²) in [6.45, 7) is 5.10. The van der Waals surface area contributed by atoms with E-state index in [1.54, 1.807) is 6.20 Å². The Balaban J connectivity index is 0.00000176. The molecule has 3 rings (SSSR count). The van der Waals surface area contributed by atoms with Gasteiger partial charge in [0.15, 0.2) is 0 Å². The van der Waals surface area contributed by atoms with Crippen molar-refractivity contribution in [2.75, 3.05) is 19.6 Å². The van der Waals surface area contributed by atoms with Gasteiger partial charge in [-0.2, -0.15) is 0 Å². The fourth-order valence-electron chi connectivity index (χ4n) is 2.91. The fourth-order valence-corrected chi connectivity index (χ4v) is 2.91. The second-order valence-electron chi connectivity index (χ2n) is 6.23. The predicted octanol–water partition coefficient (Wildman–Crippen LogP) is 2.03. The predicted molar refractivity (Wildman–Crippen MR) is 90.3 cm³/mol. The molecular formula is C16H23ClN4O. The van der Waals surface area contributed by atoms with Crippen molar-refractivity contribution in [2.24, 2.45) is 5.41 Å². The Morgan fingerprint density at radius 1 is 1.41 bits per heavy atom. The number of nitrogens with zero attached hydrogens (tertiary/aromatic N) is 1. The van der Waals surface area contributed by atoms with Gasteiger partial charge < -0.3 is 15.6 Å². The van der Waals surface area contributed by atoms with E-state index in [0.29, 0.717) is 6.42 Å². The lowest BCUT2D eigenvalue weighted by Crippen LogP contribution is -2.43. The largest absolute Gasteiger partial charge is 0.355 e. The second-order valence-corrected chi connectivity index (χ2v) is 6.23. The van der Waals surface area contributed by atoms with Crippen molar-refractivity contribution in [1.29, 1.82) is 0 Å². The molecule has 0 bridgehead atoms. The average molecular weight is 323 g/mol. The summed E-state index contributed by atoms with van der Waals surface area (Å²) in [5.74, 6) is 0.0829. The molecule has 5 nitrogen and oxygen atoms in total. The molecule has 22 heavy (non-hydrogen) atoms. The van der Waals surface area contributed by atoms with E-state index >= 15 is 0 Å². The summed E-state index contributed by atoms with van der Waals surface area (Å²) in [7, 11) is 0. The van der Waals surface area contributed by atoms with Crippen molar-refractivity contribution in [3.8, 4) is 0 Å². The first-order chi connectivity index (χ1) is 10.2. The number of H-pyrrole nitrogens is 1. The summed E-state index contributed by atoms with van der Waals surface area (Å²) in [6, 6.07) is 3.89. The summed E-state index contributed by atoms with van der Waals surface area (Å²) < 4.78 is 0. The maximum absolute atomic E-state index is 12.2. The summed E-state index contributed by atoms with van der Waals surface area (Å²) in [4.78, 5) is 19.5. The number of pyridine rings is 1. The van der Waals surface area contributed by atoms with Crippen LogP contribution in [0.1, 0.15) is 25.3 Å². The molecule has 1 aliphatic heterocycles. The normalized spacial score (nSPS) is 17.0. The van der Waals surface area contributed by atoms with Crippen LogP contribution in [0.5, 0.6) is 0 Å². The molecule has 1 saturated heterocycles. The minimum atomic E-state index is 0. The van der Waals surface area contributed by atoms with Gasteiger partial charge in [-0.25, -0.2) is 4.98 Å². The third-order valence-electron chi connectivity index (χ3n) is 4.41. The Morgan fingerprint density at radius 2 is 2.18 bits per heavy atom. The van der Waals surface area contributed by atoms with Gasteiger partial charge in [0, 0.05) is 24.3 Å². The van der Waals surface area contributed by atoms with E-state index in [1.165, 1.54) is 0 Å². The number of amides is 1. The van der Waals surface area contributed by atoms with E-state index in [4.69, 9.17) is 0 Å². The van der Waals surface area contributed by atoms with Crippen molar-refractivity contribution >= 4 is 29.3 Å². The summed E-state index contributed by atoms with van der Waals surface area (Å²) in [5.41, 5.74) is 2.07. The van der Waals surface area contributed by atoms with Gasteiger partial charge in [0.05, 0.1) is 6.42 Å². The van der Waals surface area contributed by atoms with E-state index in [1.807, 2.05) is 18.3 Å². The first-order valence-corrected chi connectivity index (χ1v) is 7.55. The van der Waals surface area contributed by atoms with E-state index in [-0.39, 0.29) is 23.7 Å². The molecule has 2 aromatic rings. The molecule has 0 radical (unpaired) electrons. The van der Waals surface area contributed by atoms with E-state index in [0.717, 1.165) is 49.1 Å². The van der Waals surface area contributed by atoms with Crippen molar-refractivity contribution in [3.63, 3.8) is 0 Å². The smallest absolute Gasteiger partial charge is 0.224 e. The number of aromatic amines is 1. The molecule has 0 aromatic carbocycles. The molecule has 6 heteroatoms. The molecule has 0 saturated carbocycles. The number of carbonyl (C=O) groups is 1. The summed E-state index contributed by atoms with van der Waals surface area (Å²) >= 11 is 0. The third kappa shape index (κ3) is 3.78. The van der Waals surface area contributed by atoms with Gasteiger partial charge in [-0.15, -0.1) is 12.4 Å². The second kappa shape index (κ2) is 7.11. The highest BCUT2D eigenvalue weighted by Gasteiger charge is 2.27. The number of rotatable bonds is 4. The van der Waals surface area contributed by atoms with Gasteiger partial charge in [0.25, 0.3) is 0 Å². The summed E-state index contributed by atoms with van der Waals surface area (Å²) in [5, 5.41) is 7.48. The number of carbonyl (C=O) groups excluding carboxylic acids is 1. The number of piperidine rings is 1. The molecule has 3 heterocycles. The monoisotopic (exact) mass is 322 g/mol. The molecular weight excluding hydrogens is 300 g/mol. The molecule has 0 atom stereocenters. The van der Waals surface area contributed by atoms with Gasteiger partial charge in [0.1, 0.15) is 5.65 Å². The maximum Gasteiger partial charge on any atom is 0.224 e. The molecule has 1 aliphatic rings. The van der Waals surface area contributed by atoms with Gasteiger partial charge >= 0.3 is 0 Å². The van der Waals surface area contributed by atoms with Gasteiger partial charge in [0.2, 0.25) is 5.91 Å². The Hall–Kier alpha value is -1.59. The van der Waals surface area contributed by atoms with Crippen molar-refractivity contribution in [2.45, 2.75) is 26.2 Å². The SMILES string of the molecule is CC1(CNC(=O)Cc2c[nH]c3ncccc23)CCNCC1.Cl. The van der Waals surface area contributed by atoms with E-state index in [2.05, 4.69) is 27.5 Å². The van der Waals surface area contributed by atoms with Crippen LogP contribution in [-0.4, -0.2) is 35.5 Å². The Bertz CT molecular complexity index is 634. The van der Waals surface area contributed by atoms with Gasteiger partial charge in [-0.05, 0) is 49.0 Å². The first-order valence-electron chi connectivity index (χ1n) is 7.55. The zero-order valence-corrected chi connectivity index (χ0v) is 13.6. The Labute approximate surface area is 136 Å². The lowest BCUT2D eigenvalue weighted by Gasteiger charge is -2.34. The molecule has 0 aliphatic carbocycles. The van der Waals surface area contributed by atoms with Crippen molar-refractivity contribution in [3.05, 3.63) is 30.1 Å². The highest BCUT2D eigenvalue weighted by Crippen LogP contribution is 2.26. The highest BCUT2D eigenvalue weighted by atomic mass is 35.5. The Kier molecular flexibility index (Phi) is 5.42. The van der Waals surface area contributed by atoms with Crippen molar-refractivity contribution in [1.82, 2.24) is 20.6 Å². The number of hydrogen-bond acceptors (Lipinski definition) is 3. The fraction of sp³-hybridized carbons (Fsp3) is 0.500. The standard InChI is InChI=1S/C16H22N4O.ClH/c1-16(4-7-17-8-5-16)11-20-14(21)9-12-10-19-15-13(12)3-2-6-18-15;/h2-3,6,10,17H,4-5,7-9,11H2,1H3,(H,18,19)(H,20,21);1H. The molecule has 120 valence electrons. The zero-order valence-electron chi connectivity index (χ0n) is 12.8. The Morgan fingerprint density at radius 3 is 2.95 bits per heavy atom. The average Bonchev–Trinajstić information content (AvgIpc) is 2.90. The maximum atomic E-state index is 12.2. The zero-order chi connectivity index (χ0) is 14.7. The third-order valence-corrected chi connectivity index (χ3v) is 4.41. The van der Waals surface area contributed by atoms with Crippen LogP contribution in [0.4, 0.5) is 0 Å². The van der Waals surface area contributed by atoms with Gasteiger partial charge in [-0.3, -0.25) is 4.79 Å². The minimum absolute atomic E-state index is 0. The molecule has 3 N–H and O–H groups in total. The highest BCUT2D eigenvalue weighted by molar-refractivity contribution is 5.87. The van der Waals surface area contributed by atoms with E-state index in [9.17, 15) is 4.79 Å². The number of aromatic nitrogens is 2. The van der Waals surface area contributed by atoms with Crippen LogP contribution in [0.2, 0.25) is 0 Å². The lowest BCUT2D eigenvalue weighted by atomic mass is 9.81. The van der Waals surface area contributed by atoms with Crippen molar-refractivity contribution < 1.29 is 4.79 Å². The van der Waals surface area contributed by atoms with Crippen LogP contribution < -0.4 is 10.6 Å². The molecule has 2 aromatic heterocycles. The van der Waals surface area contributed by atoms with Crippen LogP contribution in [-0.2, 0) is 11.2 Å². The first kappa shape index (κ1) is 16.8. The van der Waals surface area contributed by atoms with Crippen LogP contribution in [0, 0.1) is 5.41 Å². The quantitative estimate of drug-likeness (QED) is 0.806. The lowest BCUT2D eigenvalue weighted by molar-refractivity contribution is -0.121. The number of halogens is 1. The van der Waals surface area contributed by atoms with Crippen LogP contribution in [0.15, 0.2) is 24.5 Å². The number of nitrogens with one attached hydrogen (secondary N) is 3. The van der Waals surface area contributed by atoms with Crippen LogP contribution in [0.3, 0.4) is 0 Å². The minimum Gasteiger partial charge on any atom is -0.355 e. The van der Waals surface area contributed by atoms with Crippen LogP contribution in [0.25, 0.3) is 11.0 Å². The van der Waals surface area contributed by atoms with Gasteiger partial charge in [-0.1, -0.05) is 6.92 Å². The van der Waals surface area contributed by atoms with Crippen LogP contribution >= 0.6 is 12.4 Å². The molecule has 1 fully saturated rings. The number of hydrogen-bond donors (Lipinski definition) is 3. The molecule has 0 unspecified atom stereocenters. The summed E-state index contributed by atoms with van der Waals surface area (Å²) in [6.07, 6.45) is 6.26. The van der Waals surface area contributed by atoms with E-state index < -0.39 is 0 Å².